The fourth-order valence-corrected chi connectivity index (χ4v) is 3.49. The molecule has 0 unspecified atom stereocenters. The van der Waals surface area contributed by atoms with E-state index in [0.717, 1.165) is 35.6 Å². The Bertz CT molecular complexity index is 436. The minimum Gasteiger partial charge on any atom is -0.382 e. The van der Waals surface area contributed by atoms with Gasteiger partial charge in [-0.2, -0.15) is 0 Å². The second-order valence-electron chi connectivity index (χ2n) is 5.01. The van der Waals surface area contributed by atoms with Crippen molar-refractivity contribution < 1.29 is 9.53 Å². The zero-order valence-electron chi connectivity index (χ0n) is 11.2. The third-order valence-corrected chi connectivity index (χ3v) is 4.36. The van der Waals surface area contributed by atoms with Crippen LogP contribution >= 0.6 is 11.3 Å². The minimum atomic E-state index is -0.185. The van der Waals surface area contributed by atoms with E-state index in [1.54, 1.807) is 18.4 Å². The van der Waals surface area contributed by atoms with Crippen molar-refractivity contribution in [2.45, 2.75) is 45.1 Å². The number of hydrogen-bond acceptors (Lipinski definition) is 4. The lowest BCUT2D eigenvalue weighted by molar-refractivity contribution is 0.0762. The predicted octanol–water partition coefficient (Wildman–Crippen LogP) is 2.45. The SMILES string of the molecule is COCC1(NC(=O)c2nc(C)sc2C)CCCC1. The van der Waals surface area contributed by atoms with Crippen molar-refractivity contribution in [3.63, 3.8) is 0 Å². The monoisotopic (exact) mass is 268 g/mol. The number of carbonyl (C=O) groups is 1. The van der Waals surface area contributed by atoms with E-state index in [-0.39, 0.29) is 11.4 Å². The van der Waals surface area contributed by atoms with E-state index in [4.69, 9.17) is 4.74 Å². The van der Waals surface area contributed by atoms with Crippen molar-refractivity contribution >= 4 is 17.2 Å². The summed E-state index contributed by atoms with van der Waals surface area (Å²) in [5.41, 5.74) is 0.385. The number of methoxy groups -OCH3 is 1. The molecule has 1 amide bonds. The summed E-state index contributed by atoms with van der Waals surface area (Å²) in [4.78, 5) is 17.6. The van der Waals surface area contributed by atoms with Crippen molar-refractivity contribution in [3.8, 4) is 0 Å². The highest BCUT2D eigenvalue weighted by Crippen LogP contribution is 2.30. The number of carbonyl (C=O) groups excluding carboxylic acids is 1. The second-order valence-corrected chi connectivity index (χ2v) is 6.42. The molecule has 1 aliphatic rings. The summed E-state index contributed by atoms with van der Waals surface area (Å²) in [6, 6.07) is 0. The summed E-state index contributed by atoms with van der Waals surface area (Å²) in [7, 11) is 1.68. The van der Waals surface area contributed by atoms with Gasteiger partial charge in [0.05, 0.1) is 17.2 Å². The lowest BCUT2D eigenvalue weighted by atomic mass is 9.98. The Morgan fingerprint density at radius 3 is 2.61 bits per heavy atom. The van der Waals surface area contributed by atoms with Gasteiger partial charge in [0.1, 0.15) is 5.69 Å². The first-order valence-electron chi connectivity index (χ1n) is 6.32. The summed E-state index contributed by atoms with van der Waals surface area (Å²) < 4.78 is 5.27. The molecule has 0 radical (unpaired) electrons. The Morgan fingerprint density at radius 1 is 1.44 bits per heavy atom. The van der Waals surface area contributed by atoms with Crippen LogP contribution in [0.3, 0.4) is 0 Å². The lowest BCUT2D eigenvalue weighted by Crippen LogP contribution is -2.49. The van der Waals surface area contributed by atoms with Crippen molar-refractivity contribution in [1.29, 1.82) is 0 Å². The molecular formula is C13H20N2O2S. The molecule has 18 heavy (non-hydrogen) atoms. The summed E-state index contributed by atoms with van der Waals surface area (Å²) in [6.07, 6.45) is 4.29. The number of nitrogens with zero attached hydrogens (tertiary/aromatic N) is 1. The van der Waals surface area contributed by atoms with E-state index in [2.05, 4.69) is 10.3 Å². The normalized spacial score (nSPS) is 17.9. The summed E-state index contributed by atoms with van der Waals surface area (Å²) in [6.45, 7) is 4.45. The third-order valence-electron chi connectivity index (χ3n) is 3.48. The average Bonchev–Trinajstić information content (AvgIpc) is 2.86. The van der Waals surface area contributed by atoms with Gasteiger partial charge in [-0.05, 0) is 26.7 Å². The molecule has 1 saturated carbocycles. The van der Waals surface area contributed by atoms with Crippen LogP contribution in [0, 0.1) is 13.8 Å². The highest BCUT2D eigenvalue weighted by molar-refractivity contribution is 7.11. The number of thiazole rings is 1. The van der Waals surface area contributed by atoms with E-state index >= 15 is 0 Å². The molecule has 1 heterocycles. The maximum absolute atomic E-state index is 12.3. The highest BCUT2D eigenvalue weighted by Gasteiger charge is 2.36. The highest BCUT2D eigenvalue weighted by atomic mass is 32.1. The molecule has 1 aromatic heterocycles. The lowest BCUT2D eigenvalue weighted by Gasteiger charge is -2.29. The summed E-state index contributed by atoms with van der Waals surface area (Å²) in [5, 5.41) is 4.08. The molecule has 1 fully saturated rings. The van der Waals surface area contributed by atoms with E-state index in [1.165, 1.54) is 0 Å². The van der Waals surface area contributed by atoms with Crippen LogP contribution in [0.1, 0.15) is 46.1 Å². The Hall–Kier alpha value is -0.940. The molecule has 2 rings (SSSR count). The van der Waals surface area contributed by atoms with Crippen LogP contribution in [-0.4, -0.2) is 30.1 Å². The predicted molar refractivity (Wildman–Crippen MR) is 72.1 cm³/mol. The van der Waals surface area contributed by atoms with E-state index in [1.807, 2.05) is 13.8 Å². The van der Waals surface area contributed by atoms with Gasteiger partial charge < -0.3 is 10.1 Å². The van der Waals surface area contributed by atoms with Gasteiger partial charge in [-0.3, -0.25) is 4.79 Å². The number of rotatable bonds is 4. The molecule has 0 bridgehead atoms. The average molecular weight is 268 g/mol. The van der Waals surface area contributed by atoms with Gasteiger partial charge in [-0.25, -0.2) is 4.98 Å². The van der Waals surface area contributed by atoms with E-state index in [9.17, 15) is 4.79 Å². The van der Waals surface area contributed by atoms with Gasteiger partial charge in [0.25, 0.3) is 5.91 Å². The summed E-state index contributed by atoms with van der Waals surface area (Å²) >= 11 is 1.56. The first kappa shape index (κ1) is 13.5. The Kier molecular flexibility index (Phi) is 4.02. The molecule has 0 atom stereocenters. The molecule has 1 aliphatic carbocycles. The number of aromatic nitrogens is 1. The Morgan fingerprint density at radius 2 is 2.11 bits per heavy atom. The number of aryl methyl sites for hydroxylation is 2. The molecule has 100 valence electrons. The Labute approximate surface area is 112 Å². The molecule has 1 aromatic rings. The second kappa shape index (κ2) is 5.36. The van der Waals surface area contributed by atoms with Gasteiger partial charge in [0.15, 0.2) is 0 Å². The number of ether oxygens (including phenoxy) is 1. The molecule has 4 nitrogen and oxygen atoms in total. The number of nitrogens with one attached hydrogen (secondary N) is 1. The van der Waals surface area contributed by atoms with Gasteiger partial charge in [-0.1, -0.05) is 12.8 Å². The number of hydrogen-bond donors (Lipinski definition) is 1. The fraction of sp³-hybridized carbons (Fsp3) is 0.692. The molecule has 0 aromatic carbocycles. The fourth-order valence-electron chi connectivity index (χ4n) is 2.67. The quantitative estimate of drug-likeness (QED) is 0.912. The van der Waals surface area contributed by atoms with Gasteiger partial charge in [0.2, 0.25) is 0 Å². The van der Waals surface area contributed by atoms with E-state index in [0.29, 0.717) is 12.3 Å². The van der Waals surface area contributed by atoms with Crippen LogP contribution in [-0.2, 0) is 4.74 Å². The molecule has 0 spiro atoms. The largest absolute Gasteiger partial charge is 0.382 e. The van der Waals surface area contributed by atoms with E-state index < -0.39 is 0 Å². The smallest absolute Gasteiger partial charge is 0.271 e. The van der Waals surface area contributed by atoms with Gasteiger partial charge in [0, 0.05) is 12.0 Å². The molecule has 0 aliphatic heterocycles. The molecule has 0 saturated heterocycles. The van der Waals surface area contributed by atoms with Gasteiger partial charge >= 0.3 is 0 Å². The maximum Gasteiger partial charge on any atom is 0.271 e. The molecule has 5 heteroatoms. The zero-order valence-corrected chi connectivity index (χ0v) is 12.0. The van der Waals surface area contributed by atoms with Gasteiger partial charge in [-0.15, -0.1) is 11.3 Å². The summed E-state index contributed by atoms with van der Waals surface area (Å²) in [5.74, 6) is -0.0594. The van der Waals surface area contributed by atoms with Crippen molar-refractivity contribution in [1.82, 2.24) is 10.3 Å². The zero-order chi connectivity index (χ0) is 13.2. The number of amides is 1. The standard InChI is InChI=1S/C13H20N2O2S/c1-9-11(14-10(2)18-9)12(16)15-13(8-17-3)6-4-5-7-13/h4-8H2,1-3H3,(H,15,16). The van der Waals surface area contributed by atoms with Crippen LogP contribution in [0.25, 0.3) is 0 Å². The van der Waals surface area contributed by atoms with Crippen LogP contribution in [0.5, 0.6) is 0 Å². The van der Waals surface area contributed by atoms with Crippen molar-refractivity contribution in [3.05, 3.63) is 15.6 Å². The van der Waals surface area contributed by atoms with Crippen molar-refractivity contribution in [2.24, 2.45) is 0 Å². The molecular weight excluding hydrogens is 248 g/mol. The first-order valence-corrected chi connectivity index (χ1v) is 7.13. The topological polar surface area (TPSA) is 51.2 Å². The Balaban J connectivity index is 2.12. The van der Waals surface area contributed by atoms with Crippen LogP contribution < -0.4 is 5.32 Å². The van der Waals surface area contributed by atoms with Crippen LogP contribution in [0.4, 0.5) is 0 Å². The first-order chi connectivity index (χ1) is 8.56. The third kappa shape index (κ3) is 2.72. The van der Waals surface area contributed by atoms with Crippen molar-refractivity contribution in [2.75, 3.05) is 13.7 Å². The van der Waals surface area contributed by atoms with Crippen LogP contribution in [0.2, 0.25) is 0 Å². The molecule has 1 N–H and O–H groups in total. The minimum absolute atomic E-state index is 0.0594. The van der Waals surface area contributed by atoms with Crippen LogP contribution in [0.15, 0.2) is 0 Å². The maximum atomic E-state index is 12.3.